The zero-order valence-corrected chi connectivity index (χ0v) is 15.2. The van der Waals surface area contributed by atoms with Gasteiger partial charge in [-0.2, -0.15) is 0 Å². The lowest BCUT2D eigenvalue weighted by molar-refractivity contribution is -0.116. The van der Waals surface area contributed by atoms with E-state index >= 15 is 0 Å². The van der Waals surface area contributed by atoms with Gasteiger partial charge in [0.15, 0.2) is 11.5 Å². The lowest BCUT2D eigenvalue weighted by Crippen LogP contribution is -2.20. The first kappa shape index (κ1) is 19.3. The number of amides is 2. The Bertz CT molecular complexity index is 775. The molecule has 2 aromatic rings. The molecule has 0 aliphatic carbocycles. The van der Waals surface area contributed by atoms with Crippen LogP contribution in [0.2, 0.25) is 0 Å². The van der Waals surface area contributed by atoms with Crippen molar-refractivity contribution in [2.45, 2.75) is 25.7 Å². The fourth-order valence-electron chi connectivity index (χ4n) is 2.83. The summed E-state index contributed by atoms with van der Waals surface area (Å²) >= 11 is 0. The van der Waals surface area contributed by atoms with Crippen LogP contribution < -0.4 is 20.5 Å². The molecule has 0 radical (unpaired) electrons. The van der Waals surface area contributed by atoms with Crippen molar-refractivity contribution >= 4 is 17.5 Å². The maximum Gasteiger partial charge on any atom is 0.250 e. The number of anilines is 1. The molecule has 0 spiro atoms. The van der Waals surface area contributed by atoms with Crippen molar-refractivity contribution in [1.82, 2.24) is 0 Å². The third-order valence-corrected chi connectivity index (χ3v) is 4.26. The Hall–Kier alpha value is -3.02. The average Bonchev–Trinajstić information content (AvgIpc) is 2.66. The first-order valence-electron chi connectivity index (χ1n) is 8.40. The van der Waals surface area contributed by atoms with Crippen LogP contribution in [-0.2, 0) is 4.79 Å². The first-order valence-corrected chi connectivity index (χ1v) is 8.40. The highest BCUT2D eigenvalue weighted by atomic mass is 16.5. The van der Waals surface area contributed by atoms with Crippen molar-refractivity contribution < 1.29 is 19.1 Å². The molecular formula is C20H24N2O4. The largest absolute Gasteiger partial charge is 0.493 e. The molecule has 0 saturated heterocycles. The Labute approximate surface area is 153 Å². The smallest absolute Gasteiger partial charge is 0.250 e. The Morgan fingerprint density at radius 2 is 1.69 bits per heavy atom. The van der Waals surface area contributed by atoms with Crippen LogP contribution in [-0.4, -0.2) is 26.0 Å². The number of primary amides is 1. The highest BCUT2D eigenvalue weighted by molar-refractivity contribution is 6.04. The van der Waals surface area contributed by atoms with Crippen molar-refractivity contribution in [3.63, 3.8) is 0 Å². The molecule has 2 rings (SSSR count). The fourth-order valence-corrected chi connectivity index (χ4v) is 2.83. The van der Waals surface area contributed by atoms with Crippen molar-refractivity contribution in [3.8, 4) is 11.5 Å². The number of nitrogens with one attached hydrogen (secondary N) is 1. The van der Waals surface area contributed by atoms with Gasteiger partial charge in [-0.05, 0) is 24.0 Å². The van der Waals surface area contributed by atoms with E-state index in [9.17, 15) is 9.59 Å². The molecule has 2 amide bonds. The second kappa shape index (κ2) is 8.89. The zero-order chi connectivity index (χ0) is 19.1. The molecular weight excluding hydrogens is 332 g/mol. The minimum atomic E-state index is -0.656. The normalized spacial score (nSPS) is 11.5. The van der Waals surface area contributed by atoms with Crippen LogP contribution in [0.3, 0.4) is 0 Å². The molecule has 0 aliphatic rings. The number of benzene rings is 2. The quantitative estimate of drug-likeness (QED) is 0.759. The van der Waals surface area contributed by atoms with E-state index in [2.05, 4.69) is 5.32 Å². The van der Waals surface area contributed by atoms with Crippen LogP contribution in [0.1, 0.15) is 41.6 Å². The van der Waals surface area contributed by atoms with Gasteiger partial charge in [0, 0.05) is 12.5 Å². The summed E-state index contributed by atoms with van der Waals surface area (Å²) in [5.74, 6) is 0.0121. The predicted molar refractivity (Wildman–Crippen MR) is 101 cm³/mol. The highest BCUT2D eigenvalue weighted by Gasteiger charge is 2.19. The number of carbonyl (C=O) groups excluding carboxylic acids is 2. The number of ether oxygens (including phenoxy) is 2. The molecule has 0 bridgehead atoms. The second-order valence-corrected chi connectivity index (χ2v) is 5.89. The molecule has 6 heteroatoms. The number of methoxy groups -OCH3 is 2. The van der Waals surface area contributed by atoms with Gasteiger partial charge in [0.05, 0.1) is 25.5 Å². The third-order valence-electron chi connectivity index (χ3n) is 4.26. The lowest BCUT2D eigenvalue weighted by Gasteiger charge is -2.17. The standard InChI is InChI=1S/C20H24N2O4/c1-4-13(14-8-6-5-7-9-14)10-19(23)22-16-12-18(26-3)17(25-2)11-15(16)20(21)24/h5-9,11-13H,4,10H2,1-3H3,(H2,21,24)(H,22,23). The van der Waals surface area contributed by atoms with E-state index in [4.69, 9.17) is 15.2 Å². The maximum atomic E-state index is 12.5. The second-order valence-electron chi connectivity index (χ2n) is 5.89. The van der Waals surface area contributed by atoms with Gasteiger partial charge in [-0.15, -0.1) is 0 Å². The monoisotopic (exact) mass is 356 g/mol. The van der Waals surface area contributed by atoms with Gasteiger partial charge in [0.1, 0.15) is 0 Å². The fraction of sp³-hybridized carbons (Fsp3) is 0.300. The molecule has 0 aromatic heterocycles. The van der Waals surface area contributed by atoms with Gasteiger partial charge in [0.25, 0.3) is 5.91 Å². The molecule has 2 aromatic carbocycles. The van der Waals surface area contributed by atoms with Gasteiger partial charge >= 0.3 is 0 Å². The molecule has 1 atom stereocenters. The van der Waals surface area contributed by atoms with E-state index in [-0.39, 0.29) is 17.4 Å². The van der Waals surface area contributed by atoms with E-state index in [0.29, 0.717) is 23.6 Å². The van der Waals surface area contributed by atoms with Gasteiger partial charge in [-0.1, -0.05) is 37.3 Å². The summed E-state index contributed by atoms with van der Waals surface area (Å²) in [6.07, 6.45) is 1.12. The van der Waals surface area contributed by atoms with Crippen LogP contribution in [0.5, 0.6) is 11.5 Å². The Morgan fingerprint density at radius 3 is 2.23 bits per heavy atom. The van der Waals surface area contributed by atoms with Crippen molar-refractivity contribution in [3.05, 3.63) is 53.6 Å². The minimum Gasteiger partial charge on any atom is -0.493 e. The van der Waals surface area contributed by atoms with E-state index in [1.807, 2.05) is 37.3 Å². The molecule has 26 heavy (non-hydrogen) atoms. The maximum absolute atomic E-state index is 12.5. The summed E-state index contributed by atoms with van der Waals surface area (Å²) in [7, 11) is 2.95. The number of hydrogen-bond acceptors (Lipinski definition) is 4. The van der Waals surface area contributed by atoms with E-state index in [1.54, 1.807) is 6.07 Å². The summed E-state index contributed by atoms with van der Waals surface area (Å²) < 4.78 is 10.4. The topological polar surface area (TPSA) is 90.7 Å². The Kier molecular flexibility index (Phi) is 6.60. The van der Waals surface area contributed by atoms with Crippen LogP contribution in [0.4, 0.5) is 5.69 Å². The van der Waals surface area contributed by atoms with Crippen LogP contribution in [0.15, 0.2) is 42.5 Å². The first-order chi connectivity index (χ1) is 12.5. The Morgan fingerprint density at radius 1 is 1.08 bits per heavy atom. The van der Waals surface area contributed by atoms with Crippen molar-refractivity contribution in [2.75, 3.05) is 19.5 Å². The predicted octanol–water partition coefficient (Wildman–Crippen LogP) is 3.33. The highest BCUT2D eigenvalue weighted by Crippen LogP contribution is 2.33. The minimum absolute atomic E-state index is 0.0911. The summed E-state index contributed by atoms with van der Waals surface area (Å²) in [6, 6.07) is 12.9. The SMILES string of the molecule is CCC(CC(=O)Nc1cc(OC)c(OC)cc1C(N)=O)c1ccccc1. The molecule has 0 saturated carbocycles. The number of hydrogen-bond donors (Lipinski definition) is 2. The molecule has 6 nitrogen and oxygen atoms in total. The molecule has 1 unspecified atom stereocenters. The number of carbonyl (C=O) groups is 2. The molecule has 0 fully saturated rings. The molecule has 138 valence electrons. The number of nitrogens with two attached hydrogens (primary N) is 1. The van der Waals surface area contributed by atoms with Crippen molar-refractivity contribution in [1.29, 1.82) is 0 Å². The van der Waals surface area contributed by atoms with Gasteiger partial charge < -0.3 is 20.5 Å². The molecule has 0 heterocycles. The summed E-state index contributed by atoms with van der Waals surface area (Å²) in [5, 5.41) is 2.78. The zero-order valence-electron chi connectivity index (χ0n) is 15.2. The average molecular weight is 356 g/mol. The van der Waals surface area contributed by atoms with Crippen LogP contribution in [0.25, 0.3) is 0 Å². The Balaban J connectivity index is 2.23. The van der Waals surface area contributed by atoms with Gasteiger partial charge in [0.2, 0.25) is 5.91 Å². The van der Waals surface area contributed by atoms with Crippen LogP contribution in [0, 0.1) is 0 Å². The van der Waals surface area contributed by atoms with E-state index in [1.165, 1.54) is 20.3 Å². The van der Waals surface area contributed by atoms with Gasteiger partial charge in [-0.25, -0.2) is 0 Å². The molecule has 0 aliphatic heterocycles. The summed E-state index contributed by atoms with van der Waals surface area (Å²) in [6.45, 7) is 2.04. The van der Waals surface area contributed by atoms with Crippen LogP contribution >= 0.6 is 0 Å². The summed E-state index contributed by atoms with van der Waals surface area (Å²) in [5.41, 5.74) is 7.02. The van der Waals surface area contributed by atoms with E-state index in [0.717, 1.165) is 12.0 Å². The third kappa shape index (κ3) is 4.53. The molecule has 3 N–H and O–H groups in total. The van der Waals surface area contributed by atoms with Gasteiger partial charge in [-0.3, -0.25) is 9.59 Å². The lowest BCUT2D eigenvalue weighted by atomic mass is 9.93. The summed E-state index contributed by atoms with van der Waals surface area (Å²) in [4.78, 5) is 24.3. The number of rotatable bonds is 8. The van der Waals surface area contributed by atoms with E-state index < -0.39 is 5.91 Å². The van der Waals surface area contributed by atoms with Crippen molar-refractivity contribution in [2.24, 2.45) is 5.73 Å².